The minimum atomic E-state index is -4.09. The maximum Gasteiger partial charge on any atom is 0.247 e. The van der Waals surface area contributed by atoms with Crippen LogP contribution in [0.4, 0.5) is 5.69 Å². The smallest absolute Gasteiger partial charge is 0.247 e. The highest BCUT2D eigenvalue weighted by Crippen LogP contribution is 2.21. The maximum atomic E-state index is 11.6. The zero-order chi connectivity index (χ0) is 14.0. The van der Waals surface area contributed by atoms with Crippen molar-refractivity contribution in [2.45, 2.75) is 0 Å². The molecule has 0 aliphatic heterocycles. The zero-order valence-electron chi connectivity index (χ0n) is 9.21. The van der Waals surface area contributed by atoms with Crippen LogP contribution < -0.4 is 4.72 Å². The number of nitrogens with zero attached hydrogens (tertiary/aromatic N) is 1. The van der Waals surface area contributed by atoms with Gasteiger partial charge in [0.2, 0.25) is 10.0 Å². The second kappa shape index (κ2) is 5.14. The van der Waals surface area contributed by atoms with Gasteiger partial charge in [0, 0.05) is 11.3 Å². The summed E-state index contributed by atoms with van der Waals surface area (Å²) in [6.07, 6.45) is 0.801. The van der Waals surface area contributed by atoms with E-state index in [0.29, 0.717) is 0 Å². The third kappa shape index (κ3) is 4.52. The lowest BCUT2D eigenvalue weighted by atomic mass is 10.2. The number of benzene rings is 1. The highest BCUT2D eigenvalue weighted by Gasteiger charge is 2.19. The number of hydrogen-bond acceptors (Lipinski definition) is 5. The third-order valence-electron chi connectivity index (χ3n) is 1.74. The largest absolute Gasteiger partial charge is 0.281 e. The van der Waals surface area contributed by atoms with Crippen molar-refractivity contribution < 1.29 is 16.8 Å². The summed E-state index contributed by atoms with van der Waals surface area (Å²) in [6, 6.07) is 5.77. The maximum absolute atomic E-state index is 11.6. The van der Waals surface area contributed by atoms with Crippen LogP contribution in [0.2, 0.25) is 5.02 Å². The average molecular weight is 309 g/mol. The number of anilines is 1. The van der Waals surface area contributed by atoms with E-state index in [4.69, 9.17) is 16.9 Å². The van der Waals surface area contributed by atoms with Gasteiger partial charge in [-0.3, -0.25) is 4.72 Å². The lowest BCUT2D eigenvalue weighted by molar-refractivity contribution is 0.595. The number of nitrogens with one attached hydrogen (secondary N) is 1. The second-order valence-corrected chi connectivity index (χ2v) is 8.23. The SMILES string of the molecule is CS(=O)(=O)CS(=O)(=O)Nc1cc(Cl)ccc1C#N. The quantitative estimate of drug-likeness (QED) is 0.892. The monoisotopic (exact) mass is 308 g/mol. The molecular weight excluding hydrogens is 300 g/mol. The molecule has 0 saturated heterocycles. The molecule has 1 aromatic carbocycles. The third-order valence-corrected chi connectivity index (χ3v) is 5.46. The molecule has 0 unspecified atom stereocenters. The van der Waals surface area contributed by atoms with E-state index in [1.54, 1.807) is 6.07 Å². The fourth-order valence-electron chi connectivity index (χ4n) is 1.18. The summed E-state index contributed by atoms with van der Waals surface area (Å²) in [7, 11) is -7.79. The molecule has 0 saturated carbocycles. The molecule has 0 amide bonds. The van der Waals surface area contributed by atoms with E-state index in [2.05, 4.69) is 0 Å². The number of sulfonamides is 1. The van der Waals surface area contributed by atoms with Gasteiger partial charge in [-0.05, 0) is 18.2 Å². The molecule has 98 valence electrons. The molecule has 1 aromatic rings. The molecule has 0 radical (unpaired) electrons. The molecule has 18 heavy (non-hydrogen) atoms. The van der Waals surface area contributed by atoms with E-state index >= 15 is 0 Å². The Balaban J connectivity index is 3.13. The molecule has 0 fully saturated rings. The van der Waals surface area contributed by atoms with E-state index in [0.717, 1.165) is 6.26 Å². The first kappa shape index (κ1) is 14.8. The summed E-state index contributed by atoms with van der Waals surface area (Å²) in [5.74, 6) is 0. The molecule has 0 aliphatic rings. The van der Waals surface area contributed by atoms with Gasteiger partial charge < -0.3 is 0 Å². The van der Waals surface area contributed by atoms with Crippen LogP contribution in [-0.2, 0) is 19.9 Å². The molecule has 0 atom stereocenters. The Bertz CT molecular complexity index is 705. The predicted molar refractivity (Wildman–Crippen MR) is 68.4 cm³/mol. The van der Waals surface area contributed by atoms with Crippen LogP contribution in [0.5, 0.6) is 0 Å². The van der Waals surface area contributed by atoms with Crippen molar-refractivity contribution in [3.63, 3.8) is 0 Å². The fraction of sp³-hybridized carbons (Fsp3) is 0.222. The van der Waals surface area contributed by atoms with Gasteiger partial charge in [-0.1, -0.05) is 11.6 Å². The van der Waals surface area contributed by atoms with Gasteiger partial charge >= 0.3 is 0 Å². The van der Waals surface area contributed by atoms with Gasteiger partial charge in [0.15, 0.2) is 14.9 Å². The highest BCUT2D eigenvalue weighted by molar-refractivity contribution is 8.08. The summed E-state index contributed by atoms with van der Waals surface area (Å²) in [5.41, 5.74) is 0.00475. The predicted octanol–water partition coefficient (Wildman–Crippen LogP) is 0.955. The number of halogens is 1. The van der Waals surface area contributed by atoms with Crippen LogP contribution in [-0.4, -0.2) is 28.2 Å². The summed E-state index contributed by atoms with van der Waals surface area (Å²) < 4.78 is 47.0. The Kier molecular flexibility index (Phi) is 4.21. The van der Waals surface area contributed by atoms with Crippen molar-refractivity contribution >= 4 is 37.1 Å². The molecule has 0 spiro atoms. The topological polar surface area (TPSA) is 104 Å². The van der Waals surface area contributed by atoms with E-state index in [1.807, 2.05) is 4.72 Å². The lowest BCUT2D eigenvalue weighted by Gasteiger charge is -2.08. The van der Waals surface area contributed by atoms with Crippen LogP contribution in [0.15, 0.2) is 18.2 Å². The highest BCUT2D eigenvalue weighted by atomic mass is 35.5. The van der Waals surface area contributed by atoms with Gasteiger partial charge in [0.05, 0.1) is 11.3 Å². The van der Waals surface area contributed by atoms with Gasteiger partial charge in [0.25, 0.3) is 0 Å². The summed E-state index contributed by atoms with van der Waals surface area (Å²) in [5, 5.41) is 7.96. The minimum absolute atomic E-state index is 0.0475. The van der Waals surface area contributed by atoms with Crippen LogP contribution in [0.3, 0.4) is 0 Å². The zero-order valence-corrected chi connectivity index (χ0v) is 11.6. The Hall–Kier alpha value is -1.30. The number of sulfone groups is 1. The molecule has 1 N–H and O–H groups in total. The fourth-order valence-corrected chi connectivity index (χ4v) is 4.34. The van der Waals surface area contributed by atoms with Crippen molar-refractivity contribution in [3.8, 4) is 6.07 Å². The van der Waals surface area contributed by atoms with Crippen molar-refractivity contribution in [2.75, 3.05) is 16.1 Å². The van der Waals surface area contributed by atoms with E-state index < -0.39 is 24.9 Å². The number of rotatable bonds is 4. The molecule has 0 bridgehead atoms. The van der Waals surface area contributed by atoms with Crippen LogP contribution in [0.25, 0.3) is 0 Å². The Morgan fingerprint density at radius 3 is 2.44 bits per heavy atom. The summed E-state index contributed by atoms with van der Waals surface area (Å²) >= 11 is 5.67. The number of hydrogen-bond donors (Lipinski definition) is 1. The molecule has 9 heteroatoms. The first-order valence-corrected chi connectivity index (χ1v) is 8.60. The normalized spacial score (nSPS) is 11.8. The standard InChI is InChI=1S/C9H9ClN2O4S2/c1-17(13,14)6-18(15,16)12-9-4-8(10)3-2-7(9)5-11/h2-4,12H,6H2,1H3. The van der Waals surface area contributed by atoms with Crippen molar-refractivity contribution in [1.82, 2.24) is 0 Å². The minimum Gasteiger partial charge on any atom is -0.281 e. The van der Waals surface area contributed by atoms with Crippen LogP contribution in [0.1, 0.15) is 5.56 Å². The Morgan fingerprint density at radius 2 is 1.94 bits per heavy atom. The Morgan fingerprint density at radius 1 is 1.33 bits per heavy atom. The van der Waals surface area contributed by atoms with Crippen molar-refractivity contribution in [3.05, 3.63) is 28.8 Å². The van der Waals surface area contributed by atoms with E-state index in [9.17, 15) is 16.8 Å². The molecule has 6 nitrogen and oxygen atoms in total. The summed E-state index contributed by atoms with van der Waals surface area (Å²) in [4.78, 5) is 0. The molecule has 0 aromatic heterocycles. The second-order valence-electron chi connectivity index (χ2n) is 3.56. The first-order chi connectivity index (χ1) is 8.13. The van der Waals surface area contributed by atoms with Gasteiger partial charge in [-0.25, -0.2) is 16.8 Å². The average Bonchev–Trinajstić information content (AvgIpc) is 2.13. The van der Waals surface area contributed by atoms with Gasteiger partial charge in [-0.15, -0.1) is 0 Å². The number of nitriles is 1. The molecule has 1 rings (SSSR count). The van der Waals surface area contributed by atoms with Crippen LogP contribution >= 0.6 is 11.6 Å². The van der Waals surface area contributed by atoms with Gasteiger partial charge in [-0.2, -0.15) is 5.26 Å². The molecule has 0 aliphatic carbocycles. The first-order valence-electron chi connectivity index (χ1n) is 4.51. The molecular formula is C9H9ClN2O4S2. The molecule has 0 heterocycles. The van der Waals surface area contributed by atoms with Gasteiger partial charge in [0.1, 0.15) is 6.07 Å². The summed E-state index contributed by atoms with van der Waals surface area (Å²) in [6.45, 7) is 0. The lowest BCUT2D eigenvalue weighted by Crippen LogP contribution is -2.22. The van der Waals surface area contributed by atoms with Crippen molar-refractivity contribution in [1.29, 1.82) is 5.26 Å². The van der Waals surface area contributed by atoms with Crippen molar-refractivity contribution in [2.24, 2.45) is 0 Å². The van der Waals surface area contributed by atoms with E-state index in [-0.39, 0.29) is 16.3 Å². The Labute approximate surface area is 110 Å². The van der Waals surface area contributed by atoms with Crippen LogP contribution in [0, 0.1) is 11.3 Å². The van der Waals surface area contributed by atoms with E-state index in [1.165, 1.54) is 18.2 Å².